The van der Waals surface area contributed by atoms with Gasteiger partial charge in [0.15, 0.2) is 0 Å². The lowest BCUT2D eigenvalue weighted by Crippen LogP contribution is -2.27. The van der Waals surface area contributed by atoms with Crippen LogP contribution in [0.3, 0.4) is 0 Å². The Bertz CT molecular complexity index is 342. The third kappa shape index (κ3) is 5.74. The fourth-order valence-corrected chi connectivity index (χ4v) is 2.33. The highest BCUT2D eigenvalue weighted by atomic mass is 15.3. The van der Waals surface area contributed by atoms with E-state index in [0.29, 0.717) is 0 Å². The summed E-state index contributed by atoms with van der Waals surface area (Å²) < 4.78 is 2.13. The highest BCUT2D eigenvalue weighted by Gasteiger charge is 2.04. The van der Waals surface area contributed by atoms with Crippen LogP contribution in [-0.2, 0) is 13.1 Å². The number of hydrogen-bond acceptors (Lipinski definition) is 3. The molecule has 1 N–H and O–H groups in total. The van der Waals surface area contributed by atoms with E-state index >= 15 is 0 Å². The number of aromatic nitrogens is 2. The molecule has 1 aromatic heterocycles. The van der Waals surface area contributed by atoms with E-state index in [1.165, 1.54) is 18.7 Å². The van der Waals surface area contributed by atoms with Crippen LogP contribution in [0.5, 0.6) is 0 Å². The van der Waals surface area contributed by atoms with Crippen LogP contribution < -0.4 is 5.32 Å². The van der Waals surface area contributed by atoms with Crippen LogP contribution in [0.2, 0.25) is 0 Å². The van der Waals surface area contributed by atoms with Gasteiger partial charge >= 0.3 is 0 Å². The second kappa shape index (κ2) is 9.10. The quantitative estimate of drug-likeness (QED) is 0.660. The second-order valence-corrected chi connectivity index (χ2v) is 5.06. The van der Waals surface area contributed by atoms with Gasteiger partial charge in [0.25, 0.3) is 0 Å². The molecule has 4 heteroatoms. The van der Waals surface area contributed by atoms with Gasteiger partial charge in [-0.2, -0.15) is 5.10 Å². The van der Waals surface area contributed by atoms with Gasteiger partial charge in [-0.05, 0) is 52.0 Å². The van der Waals surface area contributed by atoms with E-state index in [2.05, 4.69) is 53.8 Å². The van der Waals surface area contributed by atoms with Crippen LogP contribution in [0.25, 0.3) is 0 Å². The first-order chi connectivity index (χ1) is 9.21. The molecule has 0 saturated heterocycles. The van der Waals surface area contributed by atoms with Gasteiger partial charge in [0.1, 0.15) is 0 Å². The molecular weight excluding hydrogens is 236 g/mol. The number of rotatable bonds is 10. The maximum Gasteiger partial charge on any atom is 0.0597 e. The first kappa shape index (κ1) is 16.2. The van der Waals surface area contributed by atoms with E-state index < -0.39 is 0 Å². The van der Waals surface area contributed by atoms with Crippen molar-refractivity contribution in [2.24, 2.45) is 0 Å². The van der Waals surface area contributed by atoms with Crippen LogP contribution >= 0.6 is 0 Å². The Morgan fingerprint density at radius 2 is 2.00 bits per heavy atom. The van der Waals surface area contributed by atoms with Gasteiger partial charge in [0, 0.05) is 13.1 Å². The summed E-state index contributed by atoms with van der Waals surface area (Å²) in [6.45, 7) is 15.2. The molecule has 0 saturated carbocycles. The van der Waals surface area contributed by atoms with Crippen molar-refractivity contribution in [3.63, 3.8) is 0 Å². The molecule has 110 valence electrons. The van der Waals surface area contributed by atoms with Crippen LogP contribution in [0.15, 0.2) is 6.07 Å². The van der Waals surface area contributed by atoms with Gasteiger partial charge in [-0.25, -0.2) is 0 Å². The molecule has 0 aromatic carbocycles. The zero-order chi connectivity index (χ0) is 14.1. The van der Waals surface area contributed by atoms with Crippen LogP contribution in [0.4, 0.5) is 0 Å². The molecular formula is C15H30N4. The van der Waals surface area contributed by atoms with Gasteiger partial charge in [-0.1, -0.05) is 20.8 Å². The van der Waals surface area contributed by atoms with Crippen LogP contribution in [-0.4, -0.2) is 40.9 Å². The highest BCUT2D eigenvalue weighted by molar-refractivity contribution is 5.08. The third-order valence-corrected chi connectivity index (χ3v) is 3.45. The summed E-state index contributed by atoms with van der Waals surface area (Å²) in [5.41, 5.74) is 2.43. The molecule has 1 heterocycles. The average Bonchev–Trinajstić information content (AvgIpc) is 2.75. The molecule has 0 spiro atoms. The van der Waals surface area contributed by atoms with Gasteiger partial charge in [-0.3, -0.25) is 4.68 Å². The van der Waals surface area contributed by atoms with Crippen LogP contribution in [0.1, 0.15) is 45.0 Å². The minimum Gasteiger partial charge on any atom is -0.311 e. The summed E-state index contributed by atoms with van der Waals surface area (Å²) in [4.78, 5) is 2.47. The Hall–Kier alpha value is -0.870. The molecule has 1 rings (SSSR count). The SMILES string of the molecule is CCCn1nc(C)cc1CNCCCN(CC)CC. The lowest BCUT2D eigenvalue weighted by atomic mass is 10.3. The summed E-state index contributed by atoms with van der Waals surface area (Å²) in [6, 6.07) is 2.19. The van der Waals surface area contributed by atoms with Crippen molar-refractivity contribution in [2.75, 3.05) is 26.2 Å². The van der Waals surface area contributed by atoms with E-state index in [1.807, 2.05) is 0 Å². The van der Waals surface area contributed by atoms with E-state index in [4.69, 9.17) is 0 Å². The molecule has 0 bridgehead atoms. The molecule has 0 aliphatic carbocycles. The first-order valence-corrected chi connectivity index (χ1v) is 7.67. The van der Waals surface area contributed by atoms with Crippen molar-refractivity contribution in [1.29, 1.82) is 0 Å². The molecule has 4 nitrogen and oxygen atoms in total. The Kier molecular flexibility index (Phi) is 7.75. The summed E-state index contributed by atoms with van der Waals surface area (Å²) in [5, 5.41) is 8.05. The van der Waals surface area contributed by atoms with Crippen molar-refractivity contribution < 1.29 is 0 Å². The maximum atomic E-state index is 4.52. The molecule has 0 atom stereocenters. The molecule has 0 unspecified atom stereocenters. The molecule has 0 fully saturated rings. The number of aryl methyl sites for hydroxylation is 2. The van der Waals surface area contributed by atoms with Crippen molar-refractivity contribution in [3.05, 3.63) is 17.5 Å². The van der Waals surface area contributed by atoms with Crippen LogP contribution in [0, 0.1) is 6.92 Å². The monoisotopic (exact) mass is 266 g/mol. The number of nitrogens with one attached hydrogen (secondary N) is 1. The fourth-order valence-electron chi connectivity index (χ4n) is 2.33. The zero-order valence-electron chi connectivity index (χ0n) is 13.1. The summed E-state index contributed by atoms with van der Waals surface area (Å²) in [5.74, 6) is 0. The summed E-state index contributed by atoms with van der Waals surface area (Å²) >= 11 is 0. The average molecular weight is 266 g/mol. The topological polar surface area (TPSA) is 33.1 Å². The standard InChI is InChI=1S/C15H30N4/c1-5-10-19-15(12-14(4)17-19)13-16-9-8-11-18(6-2)7-3/h12,16H,5-11,13H2,1-4H3. The lowest BCUT2D eigenvalue weighted by Gasteiger charge is -2.17. The minimum absolute atomic E-state index is 0.930. The van der Waals surface area contributed by atoms with Crippen molar-refractivity contribution in [2.45, 2.75) is 53.6 Å². The van der Waals surface area contributed by atoms with E-state index in [-0.39, 0.29) is 0 Å². The molecule has 0 aliphatic heterocycles. The van der Waals surface area contributed by atoms with E-state index in [0.717, 1.165) is 44.8 Å². The Morgan fingerprint density at radius 1 is 1.26 bits per heavy atom. The predicted octanol–water partition coefficient (Wildman–Crippen LogP) is 2.42. The summed E-state index contributed by atoms with van der Waals surface area (Å²) in [7, 11) is 0. The Labute approximate surface area is 118 Å². The van der Waals surface area contributed by atoms with E-state index in [1.54, 1.807) is 0 Å². The lowest BCUT2D eigenvalue weighted by molar-refractivity contribution is 0.297. The van der Waals surface area contributed by atoms with Crippen molar-refractivity contribution >= 4 is 0 Å². The number of nitrogens with zero attached hydrogens (tertiary/aromatic N) is 3. The maximum absolute atomic E-state index is 4.52. The van der Waals surface area contributed by atoms with Gasteiger partial charge < -0.3 is 10.2 Å². The van der Waals surface area contributed by atoms with Gasteiger partial charge in [0.05, 0.1) is 11.4 Å². The highest BCUT2D eigenvalue weighted by Crippen LogP contribution is 2.04. The summed E-state index contributed by atoms with van der Waals surface area (Å²) in [6.07, 6.45) is 2.35. The second-order valence-electron chi connectivity index (χ2n) is 5.06. The normalized spacial score (nSPS) is 11.4. The largest absolute Gasteiger partial charge is 0.311 e. The van der Waals surface area contributed by atoms with Gasteiger partial charge in [-0.15, -0.1) is 0 Å². The first-order valence-electron chi connectivity index (χ1n) is 7.67. The zero-order valence-corrected chi connectivity index (χ0v) is 13.1. The van der Waals surface area contributed by atoms with Crippen molar-refractivity contribution in [1.82, 2.24) is 20.0 Å². The van der Waals surface area contributed by atoms with Gasteiger partial charge in [0.2, 0.25) is 0 Å². The Morgan fingerprint density at radius 3 is 2.63 bits per heavy atom. The van der Waals surface area contributed by atoms with E-state index in [9.17, 15) is 0 Å². The molecule has 0 aliphatic rings. The molecule has 1 aromatic rings. The third-order valence-electron chi connectivity index (χ3n) is 3.45. The molecule has 0 amide bonds. The minimum atomic E-state index is 0.930. The Balaban J connectivity index is 2.25. The molecule has 19 heavy (non-hydrogen) atoms. The smallest absolute Gasteiger partial charge is 0.0597 e. The fraction of sp³-hybridized carbons (Fsp3) is 0.800. The predicted molar refractivity (Wildman–Crippen MR) is 81.4 cm³/mol. The molecule has 0 radical (unpaired) electrons. The van der Waals surface area contributed by atoms with Crippen molar-refractivity contribution in [3.8, 4) is 0 Å². The number of hydrogen-bond donors (Lipinski definition) is 1.